The van der Waals surface area contributed by atoms with Crippen molar-refractivity contribution in [1.29, 1.82) is 0 Å². The Kier molecular flexibility index (Phi) is 26.8. The van der Waals surface area contributed by atoms with Crippen molar-refractivity contribution < 1.29 is 35.0 Å². The van der Waals surface area contributed by atoms with Crippen LogP contribution < -0.4 is 30.5 Å². The molecular formula is C8H24Cl2N2. The number of hydrogen-bond acceptors (Lipinski definition) is 0. The van der Waals surface area contributed by atoms with Crippen LogP contribution in [0.15, 0.2) is 0 Å². The number of rotatable bonds is 2. The lowest BCUT2D eigenvalue weighted by molar-refractivity contribution is -0.849. The van der Waals surface area contributed by atoms with Gasteiger partial charge in [0.2, 0.25) is 0 Å². The highest BCUT2D eigenvalue weighted by molar-refractivity contribution is 4.21. The molecule has 0 bridgehead atoms. The van der Waals surface area contributed by atoms with Gasteiger partial charge in [-0.25, -0.2) is 0 Å². The molecule has 80 valence electrons. The molecule has 0 aromatic rings. The van der Waals surface area contributed by atoms with Crippen molar-refractivity contribution in [2.24, 2.45) is 0 Å². The lowest BCUT2D eigenvalue weighted by atomic mass is 10.3. The van der Waals surface area contributed by atoms with E-state index in [4.69, 9.17) is 0 Å². The maximum absolute atomic E-state index is 3.68. The Balaban J connectivity index is -0.0000000457. The molecule has 2 nitrogen and oxygen atoms in total. The summed E-state index contributed by atoms with van der Waals surface area (Å²) in [7, 11) is 8.50. The number of hydrogen-bond donors (Lipinski definition) is 1. The summed E-state index contributed by atoms with van der Waals surface area (Å²) in [6.07, 6.45) is 2.56. The molecule has 4 heteroatoms. The quantitative estimate of drug-likeness (QED) is 0.448. The van der Waals surface area contributed by atoms with Gasteiger partial charge < -0.3 is 35.0 Å². The maximum atomic E-state index is 3.68. The van der Waals surface area contributed by atoms with Crippen LogP contribution in [-0.2, 0) is 0 Å². The molecule has 0 aromatic heterocycles. The summed E-state index contributed by atoms with van der Waals surface area (Å²) in [6.45, 7) is 3.27. The summed E-state index contributed by atoms with van der Waals surface area (Å²) in [5, 5.41) is 0. The molecule has 0 radical (unpaired) electrons. The van der Waals surface area contributed by atoms with E-state index in [9.17, 15) is 0 Å². The summed E-state index contributed by atoms with van der Waals surface area (Å²) < 4.78 is 1.00. The van der Waals surface area contributed by atoms with E-state index in [0.29, 0.717) is 0 Å². The van der Waals surface area contributed by atoms with Crippen molar-refractivity contribution in [3.63, 3.8) is 0 Å². The zero-order chi connectivity index (χ0) is 8.62. The number of halogens is 2. The van der Waals surface area contributed by atoms with Crippen LogP contribution in [0.5, 0.6) is 0 Å². The lowest BCUT2D eigenvalue weighted by Gasteiger charge is -2.14. The smallest absolute Gasteiger partial charge is 0.0739 e. The molecule has 0 fully saturated rings. The minimum absolute atomic E-state index is 0. The fraction of sp³-hybridized carbons (Fsp3) is 1.00. The SMILES string of the molecule is CCCC[NH3+].C[N+](C)(C)C.[Cl-].[Cl-]. The second-order valence-corrected chi connectivity index (χ2v) is 3.89. The van der Waals surface area contributed by atoms with Crippen molar-refractivity contribution in [1.82, 2.24) is 0 Å². The summed E-state index contributed by atoms with van der Waals surface area (Å²) >= 11 is 0. The number of unbranched alkanes of at least 4 members (excludes halogenated alkanes) is 1. The molecule has 0 aliphatic heterocycles. The van der Waals surface area contributed by atoms with E-state index in [0.717, 1.165) is 11.0 Å². The second kappa shape index (κ2) is 14.0. The molecule has 0 aromatic carbocycles. The molecule has 0 aliphatic carbocycles. The molecule has 0 saturated heterocycles. The van der Waals surface area contributed by atoms with Gasteiger partial charge in [-0.2, -0.15) is 0 Å². The zero-order valence-corrected chi connectivity index (χ0v) is 10.5. The van der Waals surface area contributed by atoms with Crippen LogP contribution in [0.3, 0.4) is 0 Å². The van der Waals surface area contributed by atoms with Crippen molar-refractivity contribution >= 4 is 0 Å². The molecule has 0 aliphatic rings. The first kappa shape index (κ1) is 22.9. The summed E-state index contributed by atoms with van der Waals surface area (Å²) in [4.78, 5) is 0. The van der Waals surface area contributed by atoms with E-state index < -0.39 is 0 Å². The second-order valence-electron chi connectivity index (χ2n) is 3.89. The predicted molar refractivity (Wildman–Crippen MR) is 46.6 cm³/mol. The summed E-state index contributed by atoms with van der Waals surface area (Å²) in [6, 6.07) is 0. The van der Waals surface area contributed by atoms with E-state index in [-0.39, 0.29) is 24.8 Å². The van der Waals surface area contributed by atoms with Gasteiger partial charge in [0.1, 0.15) is 0 Å². The third kappa shape index (κ3) is 152. The molecule has 3 N–H and O–H groups in total. The van der Waals surface area contributed by atoms with Crippen LogP contribution >= 0.6 is 0 Å². The summed E-state index contributed by atoms with van der Waals surface area (Å²) in [5.74, 6) is 0. The van der Waals surface area contributed by atoms with E-state index in [1.807, 2.05) is 0 Å². The Morgan fingerprint density at radius 2 is 1.25 bits per heavy atom. The monoisotopic (exact) mass is 218 g/mol. The Morgan fingerprint density at radius 1 is 1.00 bits per heavy atom. The molecule has 0 saturated carbocycles. The van der Waals surface area contributed by atoms with Crippen LogP contribution in [0.1, 0.15) is 19.8 Å². The third-order valence-electron chi connectivity index (χ3n) is 0.604. The minimum Gasteiger partial charge on any atom is -1.00 e. The van der Waals surface area contributed by atoms with Gasteiger partial charge >= 0.3 is 0 Å². The fourth-order valence-electron chi connectivity index (χ4n) is 0.250. The number of nitrogens with zero attached hydrogens (tertiary/aromatic N) is 1. The van der Waals surface area contributed by atoms with Gasteiger partial charge in [-0.05, 0) is 6.42 Å². The third-order valence-corrected chi connectivity index (χ3v) is 0.604. The zero-order valence-electron chi connectivity index (χ0n) is 9.03. The first-order chi connectivity index (χ1) is 4.41. The Morgan fingerprint density at radius 3 is 1.25 bits per heavy atom. The Bertz CT molecular complexity index is 54.6. The molecule has 0 heterocycles. The average molecular weight is 219 g/mol. The largest absolute Gasteiger partial charge is 1.00 e. The van der Waals surface area contributed by atoms with E-state index in [1.165, 1.54) is 12.8 Å². The van der Waals surface area contributed by atoms with Gasteiger partial charge in [0, 0.05) is 0 Å². The normalized spacial score (nSPS) is 8.50. The molecule has 0 atom stereocenters. The molecule has 12 heavy (non-hydrogen) atoms. The van der Waals surface area contributed by atoms with Crippen molar-refractivity contribution in [3.05, 3.63) is 0 Å². The summed E-state index contributed by atoms with van der Waals surface area (Å²) in [5.41, 5.74) is 3.68. The number of quaternary nitrogens is 2. The van der Waals surface area contributed by atoms with Gasteiger partial charge in [-0.1, -0.05) is 13.3 Å². The van der Waals surface area contributed by atoms with E-state index >= 15 is 0 Å². The first-order valence-electron chi connectivity index (χ1n) is 4.00. The fourth-order valence-corrected chi connectivity index (χ4v) is 0.250. The van der Waals surface area contributed by atoms with Gasteiger partial charge in [-0.15, -0.1) is 0 Å². The Hall–Kier alpha value is 0.500. The van der Waals surface area contributed by atoms with Crippen molar-refractivity contribution in [2.45, 2.75) is 19.8 Å². The van der Waals surface area contributed by atoms with E-state index in [2.05, 4.69) is 40.8 Å². The maximum Gasteiger partial charge on any atom is 0.0739 e. The molecular weight excluding hydrogens is 195 g/mol. The van der Waals surface area contributed by atoms with Gasteiger partial charge in [0.25, 0.3) is 0 Å². The van der Waals surface area contributed by atoms with Crippen molar-refractivity contribution in [2.75, 3.05) is 34.7 Å². The molecule has 0 rings (SSSR count). The highest BCUT2D eigenvalue weighted by Gasteiger charge is 1.88. The van der Waals surface area contributed by atoms with Gasteiger partial charge in [-0.3, -0.25) is 0 Å². The molecule has 0 unspecified atom stereocenters. The molecule has 0 spiro atoms. The van der Waals surface area contributed by atoms with Crippen LogP contribution in [0.2, 0.25) is 0 Å². The minimum atomic E-state index is 0. The standard InChI is InChI=1S/C4H12N.C4H11N.2ClH/c1-5(2,3)4;1-2-3-4-5;;/h1-4H3;2-5H2,1H3;2*1H/q+1;;;/p-1. The van der Waals surface area contributed by atoms with E-state index in [1.54, 1.807) is 0 Å². The lowest BCUT2D eigenvalue weighted by Crippen LogP contribution is -3.00. The van der Waals surface area contributed by atoms with Crippen LogP contribution in [0, 0.1) is 0 Å². The predicted octanol–water partition coefficient (Wildman–Crippen LogP) is -5.64. The van der Waals surface area contributed by atoms with Crippen molar-refractivity contribution in [3.8, 4) is 0 Å². The highest BCUT2D eigenvalue weighted by Crippen LogP contribution is 1.75. The topological polar surface area (TPSA) is 27.6 Å². The van der Waals surface area contributed by atoms with Crippen LogP contribution in [0.4, 0.5) is 0 Å². The Labute approximate surface area is 89.9 Å². The van der Waals surface area contributed by atoms with Crippen LogP contribution in [0.25, 0.3) is 0 Å². The average Bonchev–Trinajstić information content (AvgIpc) is 1.63. The van der Waals surface area contributed by atoms with Gasteiger partial charge in [0.05, 0.1) is 34.7 Å². The molecule has 0 amide bonds. The highest BCUT2D eigenvalue weighted by atomic mass is 35.5. The van der Waals surface area contributed by atoms with Gasteiger partial charge in [0.15, 0.2) is 0 Å². The first-order valence-corrected chi connectivity index (χ1v) is 4.00. The van der Waals surface area contributed by atoms with Crippen LogP contribution in [-0.4, -0.2) is 39.2 Å².